The Bertz CT molecular complexity index is 956. The van der Waals surface area contributed by atoms with E-state index in [0.29, 0.717) is 18.6 Å². The molecule has 0 N–H and O–H groups in total. The van der Waals surface area contributed by atoms with E-state index in [9.17, 15) is 9.59 Å². The van der Waals surface area contributed by atoms with Gasteiger partial charge in [-0.1, -0.05) is 55.5 Å². The van der Waals surface area contributed by atoms with Crippen LogP contribution >= 0.6 is 0 Å². The first-order valence-corrected chi connectivity index (χ1v) is 9.37. The second kappa shape index (κ2) is 8.21. The maximum Gasteiger partial charge on any atom is 0.302 e. The second-order valence-corrected chi connectivity index (χ2v) is 6.73. The number of esters is 1. The summed E-state index contributed by atoms with van der Waals surface area (Å²) in [6.07, 6.45) is 1.61. The van der Waals surface area contributed by atoms with E-state index < -0.39 is 0 Å². The van der Waals surface area contributed by atoms with Crippen molar-refractivity contribution >= 4 is 22.7 Å². The minimum absolute atomic E-state index is 0.0397. The van der Waals surface area contributed by atoms with Crippen LogP contribution in [0, 0.1) is 6.92 Å². The van der Waals surface area contributed by atoms with Crippen molar-refractivity contribution in [2.75, 3.05) is 6.61 Å². The van der Waals surface area contributed by atoms with Crippen LogP contribution in [0.5, 0.6) is 0 Å². The number of para-hydroxylation sites is 1. The zero-order chi connectivity index (χ0) is 19.4. The molecule has 0 aliphatic rings. The maximum atomic E-state index is 13.2. The molecule has 27 heavy (non-hydrogen) atoms. The van der Waals surface area contributed by atoms with Gasteiger partial charge in [0, 0.05) is 41.5 Å². The average Bonchev–Trinajstić information content (AvgIpc) is 2.97. The molecule has 0 aliphatic carbocycles. The third-order valence-electron chi connectivity index (χ3n) is 5.01. The fourth-order valence-electron chi connectivity index (χ4n) is 3.74. The third-order valence-corrected chi connectivity index (χ3v) is 5.01. The number of benzene rings is 2. The van der Waals surface area contributed by atoms with E-state index >= 15 is 0 Å². The van der Waals surface area contributed by atoms with E-state index in [-0.39, 0.29) is 17.8 Å². The molecule has 3 aromatic rings. The van der Waals surface area contributed by atoms with Crippen molar-refractivity contribution in [1.29, 1.82) is 0 Å². The van der Waals surface area contributed by atoms with Crippen molar-refractivity contribution in [1.82, 2.24) is 4.57 Å². The Labute approximate surface area is 159 Å². The smallest absolute Gasteiger partial charge is 0.302 e. The normalized spacial score (nSPS) is 12.1. The largest absolute Gasteiger partial charge is 0.466 e. The highest BCUT2D eigenvalue weighted by atomic mass is 16.5. The Morgan fingerprint density at radius 2 is 1.70 bits per heavy atom. The minimum Gasteiger partial charge on any atom is -0.466 e. The Hall–Kier alpha value is -2.88. The molecule has 140 valence electrons. The molecule has 0 amide bonds. The van der Waals surface area contributed by atoms with Crippen LogP contribution < -0.4 is 0 Å². The second-order valence-electron chi connectivity index (χ2n) is 6.73. The summed E-state index contributed by atoms with van der Waals surface area (Å²) < 4.78 is 7.38. The number of ether oxygens (including phenoxy) is 1. The minimum atomic E-state index is -0.265. The summed E-state index contributed by atoms with van der Waals surface area (Å²) >= 11 is 0. The first kappa shape index (κ1) is 18.9. The molecule has 3 rings (SSSR count). The number of fused-ring (bicyclic) bond motifs is 1. The van der Waals surface area contributed by atoms with Gasteiger partial charge < -0.3 is 9.30 Å². The van der Waals surface area contributed by atoms with Gasteiger partial charge in [-0.2, -0.15) is 0 Å². The van der Waals surface area contributed by atoms with Crippen LogP contribution in [0.3, 0.4) is 0 Å². The lowest BCUT2D eigenvalue weighted by molar-refractivity contribution is -0.141. The van der Waals surface area contributed by atoms with Gasteiger partial charge in [0.1, 0.15) is 0 Å². The fraction of sp³-hybridized carbons (Fsp3) is 0.304. The molecular weight excluding hydrogens is 338 g/mol. The number of ketones is 1. The van der Waals surface area contributed by atoms with Crippen LogP contribution in [-0.2, 0) is 9.53 Å². The molecular formula is C23H25NO3. The third kappa shape index (κ3) is 3.80. The SMILES string of the molecule is CCC(CCOC(C)=O)n1c(C)c(C(=O)c2ccccc2)c2ccccc21. The number of hydrogen-bond donors (Lipinski definition) is 0. The zero-order valence-corrected chi connectivity index (χ0v) is 16.1. The highest BCUT2D eigenvalue weighted by Crippen LogP contribution is 2.33. The van der Waals surface area contributed by atoms with Crippen molar-refractivity contribution in [2.24, 2.45) is 0 Å². The van der Waals surface area contributed by atoms with Gasteiger partial charge >= 0.3 is 5.97 Å². The molecule has 0 fully saturated rings. The zero-order valence-electron chi connectivity index (χ0n) is 16.1. The summed E-state index contributed by atoms with van der Waals surface area (Å²) in [5.74, 6) is -0.225. The first-order valence-electron chi connectivity index (χ1n) is 9.37. The van der Waals surface area contributed by atoms with E-state index in [2.05, 4.69) is 17.6 Å². The summed E-state index contributed by atoms with van der Waals surface area (Å²) in [6, 6.07) is 17.6. The Morgan fingerprint density at radius 1 is 1.04 bits per heavy atom. The molecule has 0 aliphatic heterocycles. The van der Waals surface area contributed by atoms with Crippen LogP contribution in [0.25, 0.3) is 10.9 Å². The monoisotopic (exact) mass is 363 g/mol. The van der Waals surface area contributed by atoms with Crippen molar-refractivity contribution in [3.8, 4) is 0 Å². The maximum absolute atomic E-state index is 13.2. The van der Waals surface area contributed by atoms with Gasteiger partial charge in [0.25, 0.3) is 0 Å². The number of aromatic nitrogens is 1. The van der Waals surface area contributed by atoms with Crippen LogP contribution in [0.2, 0.25) is 0 Å². The molecule has 1 heterocycles. The van der Waals surface area contributed by atoms with E-state index in [0.717, 1.165) is 28.6 Å². The molecule has 1 unspecified atom stereocenters. The Balaban J connectivity index is 2.07. The standard InChI is InChI=1S/C23H25NO3/c1-4-19(14-15-27-17(3)25)24-16(2)22(20-12-8-9-13-21(20)24)23(26)18-10-6-5-7-11-18/h5-13,19H,4,14-15H2,1-3H3. The number of hydrogen-bond acceptors (Lipinski definition) is 3. The molecule has 0 radical (unpaired) electrons. The van der Waals surface area contributed by atoms with Crippen LogP contribution in [0.4, 0.5) is 0 Å². The number of nitrogens with zero attached hydrogens (tertiary/aromatic N) is 1. The molecule has 0 saturated heterocycles. The van der Waals surface area contributed by atoms with E-state index in [1.54, 1.807) is 0 Å². The van der Waals surface area contributed by atoms with Gasteiger partial charge in [-0.15, -0.1) is 0 Å². The summed E-state index contributed by atoms with van der Waals surface area (Å²) in [5.41, 5.74) is 3.45. The van der Waals surface area contributed by atoms with Crippen molar-refractivity contribution in [2.45, 2.75) is 39.7 Å². The number of rotatable bonds is 7. The number of carbonyl (C=O) groups excluding carboxylic acids is 2. The Morgan fingerprint density at radius 3 is 2.37 bits per heavy atom. The van der Waals surface area contributed by atoms with Crippen LogP contribution in [0.1, 0.15) is 54.3 Å². The molecule has 0 saturated carbocycles. The molecule has 0 bridgehead atoms. The first-order chi connectivity index (χ1) is 13.0. The molecule has 4 heteroatoms. The van der Waals surface area contributed by atoms with Crippen molar-refractivity contribution in [3.05, 3.63) is 71.4 Å². The summed E-state index contributed by atoms with van der Waals surface area (Å²) in [4.78, 5) is 24.3. The Kier molecular flexibility index (Phi) is 5.75. The summed E-state index contributed by atoms with van der Waals surface area (Å²) in [7, 11) is 0. The van der Waals surface area contributed by atoms with E-state index in [1.165, 1.54) is 6.92 Å². The van der Waals surface area contributed by atoms with E-state index in [1.807, 2.05) is 55.5 Å². The van der Waals surface area contributed by atoms with Crippen LogP contribution in [-0.4, -0.2) is 22.9 Å². The lowest BCUT2D eigenvalue weighted by Gasteiger charge is -2.20. The van der Waals surface area contributed by atoms with Crippen molar-refractivity contribution in [3.63, 3.8) is 0 Å². The van der Waals surface area contributed by atoms with E-state index in [4.69, 9.17) is 4.74 Å². The van der Waals surface area contributed by atoms with Gasteiger partial charge in [-0.05, 0) is 19.4 Å². The van der Waals surface area contributed by atoms with Crippen molar-refractivity contribution < 1.29 is 14.3 Å². The van der Waals surface area contributed by atoms with Gasteiger partial charge in [-0.3, -0.25) is 9.59 Å². The molecule has 4 nitrogen and oxygen atoms in total. The molecule has 0 spiro atoms. The predicted octanol–water partition coefficient (Wildman–Crippen LogP) is 5.09. The fourth-order valence-corrected chi connectivity index (χ4v) is 3.74. The number of carbonyl (C=O) groups is 2. The molecule has 1 atom stereocenters. The topological polar surface area (TPSA) is 48.3 Å². The van der Waals surface area contributed by atoms with Gasteiger partial charge in [0.2, 0.25) is 0 Å². The van der Waals surface area contributed by atoms with Gasteiger partial charge in [0.15, 0.2) is 5.78 Å². The summed E-state index contributed by atoms with van der Waals surface area (Å²) in [6.45, 7) is 5.92. The van der Waals surface area contributed by atoms with Gasteiger partial charge in [0.05, 0.1) is 12.2 Å². The molecule has 1 aromatic heterocycles. The quantitative estimate of drug-likeness (QED) is 0.434. The lowest BCUT2D eigenvalue weighted by Crippen LogP contribution is -2.14. The summed E-state index contributed by atoms with van der Waals surface area (Å²) in [5, 5.41) is 0.967. The predicted molar refractivity (Wildman–Crippen MR) is 107 cm³/mol. The highest BCUT2D eigenvalue weighted by molar-refractivity contribution is 6.17. The lowest BCUT2D eigenvalue weighted by atomic mass is 10.0. The highest BCUT2D eigenvalue weighted by Gasteiger charge is 2.24. The average molecular weight is 363 g/mol. The van der Waals surface area contributed by atoms with Gasteiger partial charge in [-0.25, -0.2) is 0 Å². The molecule has 2 aromatic carbocycles. The van der Waals surface area contributed by atoms with Crippen LogP contribution in [0.15, 0.2) is 54.6 Å².